The van der Waals surface area contributed by atoms with Gasteiger partial charge in [-0.3, -0.25) is 9.59 Å². The lowest BCUT2D eigenvalue weighted by molar-refractivity contribution is -0.153. The maximum absolute atomic E-state index is 12.9. The fourth-order valence-corrected chi connectivity index (χ4v) is 8.37. The SMILES string of the molecule is C[C@]12CC3CC(CC(=O)Nc4ccc(C(=O)c5cccs5)cc4)(C1)C[C@](C)(C3)C2. The fourth-order valence-electron chi connectivity index (χ4n) is 7.68. The Morgan fingerprint density at radius 3 is 2.28 bits per heavy atom. The first kappa shape index (κ1) is 19.0. The molecule has 152 valence electrons. The predicted octanol–water partition coefficient (Wildman–Crippen LogP) is 6.30. The number of anilines is 1. The number of hydrogen-bond acceptors (Lipinski definition) is 3. The Morgan fingerprint density at radius 2 is 1.69 bits per heavy atom. The highest BCUT2D eigenvalue weighted by atomic mass is 32.1. The van der Waals surface area contributed by atoms with Crippen LogP contribution in [0.5, 0.6) is 0 Å². The molecule has 4 bridgehead atoms. The quantitative estimate of drug-likeness (QED) is 0.591. The van der Waals surface area contributed by atoms with Crippen LogP contribution in [0.15, 0.2) is 41.8 Å². The lowest BCUT2D eigenvalue weighted by Gasteiger charge is -2.65. The molecule has 1 aromatic carbocycles. The average molecular weight is 408 g/mol. The molecule has 3 nitrogen and oxygen atoms in total. The molecule has 2 atom stereocenters. The van der Waals surface area contributed by atoms with Crippen molar-refractivity contribution in [3.05, 3.63) is 52.2 Å². The van der Waals surface area contributed by atoms with E-state index in [0.717, 1.165) is 16.5 Å². The van der Waals surface area contributed by atoms with E-state index in [1.807, 2.05) is 41.8 Å². The minimum atomic E-state index is 0.0351. The van der Waals surface area contributed by atoms with Gasteiger partial charge in [-0.25, -0.2) is 0 Å². The molecule has 1 heterocycles. The van der Waals surface area contributed by atoms with Crippen LogP contribution >= 0.6 is 11.3 Å². The molecular formula is C25H29NO2S. The topological polar surface area (TPSA) is 46.2 Å². The molecule has 4 heteroatoms. The van der Waals surface area contributed by atoms with Crippen LogP contribution in [0.3, 0.4) is 0 Å². The zero-order chi connectivity index (χ0) is 20.3. The molecule has 1 amide bonds. The van der Waals surface area contributed by atoms with E-state index in [-0.39, 0.29) is 17.1 Å². The van der Waals surface area contributed by atoms with E-state index in [0.29, 0.717) is 22.8 Å². The Balaban J connectivity index is 1.26. The van der Waals surface area contributed by atoms with Crippen molar-refractivity contribution in [1.29, 1.82) is 0 Å². The maximum atomic E-state index is 12.9. The Hall–Kier alpha value is -1.94. The molecule has 1 aromatic heterocycles. The third-order valence-electron chi connectivity index (χ3n) is 7.45. The van der Waals surface area contributed by atoms with E-state index in [1.54, 1.807) is 0 Å². The van der Waals surface area contributed by atoms with E-state index in [2.05, 4.69) is 19.2 Å². The number of thiophene rings is 1. The number of nitrogens with one attached hydrogen (secondary N) is 1. The molecule has 0 aliphatic heterocycles. The molecule has 4 fully saturated rings. The van der Waals surface area contributed by atoms with Gasteiger partial charge < -0.3 is 5.32 Å². The number of amides is 1. The molecule has 4 saturated carbocycles. The molecule has 4 aliphatic rings. The first-order chi connectivity index (χ1) is 13.8. The van der Waals surface area contributed by atoms with Gasteiger partial charge in [-0.15, -0.1) is 11.3 Å². The molecule has 1 N–H and O–H groups in total. The number of benzene rings is 1. The molecule has 0 spiro atoms. The zero-order valence-corrected chi connectivity index (χ0v) is 18.1. The third kappa shape index (κ3) is 3.56. The first-order valence-electron chi connectivity index (χ1n) is 10.7. The number of carbonyl (C=O) groups excluding carboxylic acids is 2. The third-order valence-corrected chi connectivity index (χ3v) is 8.32. The van der Waals surface area contributed by atoms with Crippen LogP contribution in [-0.2, 0) is 4.79 Å². The van der Waals surface area contributed by atoms with Crippen LogP contribution in [0, 0.1) is 22.2 Å². The lowest BCUT2D eigenvalue weighted by atomic mass is 9.40. The van der Waals surface area contributed by atoms with Gasteiger partial charge in [0.2, 0.25) is 11.7 Å². The molecule has 0 radical (unpaired) electrons. The van der Waals surface area contributed by atoms with Crippen LogP contribution < -0.4 is 5.32 Å². The molecule has 2 aromatic rings. The average Bonchev–Trinajstić information content (AvgIpc) is 3.12. The van der Waals surface area contributed by atoms with Gasteiger partial charge in [0.25, 0.3) is 0 Å². The van der Waals surface area contributed by atoms with E-state index >= 15 is 0 Å². The normalized spacial score (nSPS) is 34.9. The van der Waals surface area contributed by atoms with Gasteiger partial charge in [0, 0.05) is 17.7 Å². The predicted molar refractivity (Wildman–Crippen MR) is 117 cm³/mol. The van der Waals surface area contributed by atoms with Crippen molar-refractivity contribution in [1.82, 2.24) is 0 Å². The van der Waals surface area contributed by atoms with Gasteiger partial charge in [-0.2, -0.15) is 0 Å². The van der Waals surface area contributed by atoms with E-state index in [1.165, 1.54) is 49.9 Å². The maximum Gasteiger partial charge on any atom is 0.224 e. The zero-order valence-electron chi connectivity index (χ0n) is 17.3. The standard InChI is InChI=1S/C25H29NO2S/c1-23-10-17-11-24(2,14-23)16-25(12-17,15-23)13-21(27)26-19-7-5-18(6-8-19)22(28)20-4-3-9-29-20/h3-9,17H,10-16H2,1-2H3,(H,26,27)/t17?,23-,24-,25?/m1/s1. The van der Waals surface area contributed by atoms with Gasteiger partial charge in [-0.1, -0.05) is 19.9 Å². The molecule has 0 saturated heterocycles. The minimum absolute atomic E-state index is 0.0351. The van der Waals surface area contributed by atoms with Gasteiger partial charge in [0.15, 0.2) is 0 Å². The molecule has 0 unspecified atom stereocenters. The Morgan fingerprint density at radius 1 is 1.00 bits per heavy atom. The van der Waals surface area contributed by atoms with Crippen molar-refractivity contribution < 1.29 is 9.59 Å². The Kier molecular flexibility index (Phi) is 4.29. The van der Waals surface area contributed by atoms with Crippen molar-refractivity contribution in [3.8, 4) is 0 Å². The molecule has 6 rings (SSSR count). The summed E-state index contributed by atoms with van der Waals surface area (Å²) in [5, 5.41) is 5.01. The Labute approximate surface area is 176 Å². The Bertz CT molecular complexity index is 928. The van der Waals surface area contributed by atoms with Gasteiger partial charge >= 0.3 is 0 Å². The van der Waals surface area contributed by atoms with E-state index < -0.39 is 0 Å². The highest BCUT2D eigenvalue weighted by molar-refractivity contribution is 7.12. The lowest BCUT2D eigenvalue weighted by Crippen LogP contribution is -2.55. The minimum Gasteiger partial charge on any atom is -0.326 e. The summed E-state index contributed by atoms with van der Waals surface area (Å²) in [6, 6.07) is 11.0. The van der Waals surface area contributed by atoms with Crippen molar-refractivity contribution in [2.24, 2.45) is 22.2 Å². The molecule has 29 heavy (non-hydrogen) atoms. The van der Waals surface area contributed by atoms with E-state index in [4.69, 9.17) is 0 Å². The van der Waals surface area contributed by atoms with Crippen LogP contribution in [0.2, 0.25) is 0 Å². The second kappa shape index (κ2) is 6.53. The van der Waals surface area contributed by atoms with Crippen molar-refractivity contribution in [2.75, 3.05) is 5.32 Å². The summed E-state index contributed by atoms with van der Waals surface area (Å²) in [7, 11) is 0. The van der Waals surface area contributed by atoms with Crippen molar-refractivity contribution in [2.45, 2.75) is 58.8 Å². The summed E-state index contributed by atoms with van der Waals surface area (Å²) in [6.45, 7) is 4.90. The number of rotatable bonds is 5. The summed E-state index contributed by atoms with van der Waals surface area (Å²) in [6.07, 6.45) is 8.29. The molecular weight excluding hydrogens is 378 g/mol. The highest BCUT2D eigenvalue weighted by Crippen LogP contribution is 2.70. The number of hydrogen-bond donors (Lipinski definition) is 1. The van der Waals surface area contributed by atoms with Crippen LogP contribution in [0.25, 0.3) is 0 Å². The summed E-state index contributed by atoms with van der Waals surface area (Å²) >= 11 is 1.45. The smallest absolute Gasteiger partial charge is 0.224 e. The van der Waals surface area contributed by atoms with Crippen molar-refractivity contribution in [3.63, 3.8) is 0 Å². The van der Waals surface area contributed by atoms with Gasteiger partial charge in [0.05, 0.1) is 4.88 Å². The van der Waals surface area contributed by atoms with E-state index in [9.17, 15) is 9.59 Å². The van der Waals surface area contributed by atoms with Crippen molar-refractivity contribution >= 4 is 28.7 Å². The van der Waals surface area contributed by atoms with Crippen LogP contribution in [0.4, 0.5) is 5.69 Å². The largest absolute Gasteiger partial charge is 0.326 e. The number of carbonyl (C=O) groups is 2. The monoisotopic (exact) mass is 407 g/mol. The second-order valence-electron chi connectivity index (χ2n) is 10.7. The number of ketones is 1. The van der Waals surface area contributed by atoms with Gasteiger partial charge in [0.1, 0.15) is 0 Å². The second-order valence-corrected chi connectivity index (χ2v) is 11.7. The summed E-state index contributed by atoms with van der Waals surface area (Å²) < 4.78 is 0. The summed E-state index contributed by atoms with van der Waals surface area (Å²) in [5.41, 5.74) is 2.48. The van der Waals surface area contributed by atoms with Crippen LogP contribution in [0.1, 0.15) is 74.0 Å². The fraction of sp³-hybridized carbons (Fsp3) is 0.520. The van der Waals surface area contributed by atoms with Gasteiger partial charge in [-0.05, 0) is 96.4 Å². The first-order valence-corrected chi connectivity index (χ1v) is 11.6. The summed E-state index contributed by atoms with van der Waals surface area (Å²) in [5.74, 6) is 0.959. The molecule has 4 aliphatic carbocycles. The highest BCUT2D eigenvalue weighted by Gasteiger charge is 2.60. The van der Waals surface area contributed by atoms with Crippen LogP contribution in [-0.4, -0.2) is 11.7 Å². The summed E-state index contributed by atoms with van der Waals surface area (Å²) in [4.78, 5) is 26.1.